The van der Waals surface area contributed by atoms with Crippen molar-refractivity contribution in [1.29, 1.82) is 0 Å². The molecular weight excluding hydrogens is 422 g/mol. The minimum Gasteiger partial charge on any atom is -0.497 e. The van der Waals surface area contributed by atoms with Crippen LogP contribution in [0.1, 0.15) is 11.7 Å². The van der Waals surface area contributed by atoms with Crippen molar-refractivity contribution in [2.24, 2.45) is 0 Å². The molecule has 1 aliphatic rings. The summed E-state index contributed by atoms with van der Waals surface area (Å²) in [4.78, 5) is 38.3. The Morgan fingerprint density at radius 1 is 1.03 bits per heavy atom. The van der Waals surface area contributed by atoms with Crippen LogP contribution in [0.2, 0.25) is 0 Å². The van der Waals surface area contributed by atoms with Gasteiger partial charge in [-0.2, -0.15) is 0 Å². The van der Waals surface area contributed by atoms with Gasteiger partial charge in [0.2, 0.25) is 5.91 Å². The van der Waals surface area contributed by atoms with Crippen molar-refractivity contribution in [3.8, 4) is 16.9 Å². The molecule has 0 saturated carbocycles. The van der Waals surface area contributed by atoms with Gasteiger partial charge in [-0.25, -0.2) is 4.79 Å². The van der Waals surface area contributed by atoms with Crippen molar-refractivity contribution in [1.82, 2.24) is 10.2 Å². The molecule has 1 fully saturated rings. The first-order valence-electron chi connectivity index (χ1n) is 10.4. The number of nitrogens with zero attached hydrogens (tertiary/aromatic N) is 1. The van der Waals surface area contributed by atoms with Gasteiger partial charge in [0.25, 0.3) is 5.91 Å². The molecule has 0 spiro atoms. The van der Waals surface area contributed by atoms with Gasteiger partial charge < -0.3 is 20.5 Å². The number of hydrogen-bond donors (Lipinski definition) is 3. The van der Waals surface area contributed by atoms with E-state index in [1.807, 2.05) is 36.4 Å². The molecule has 168 valence electrons. The SMILES string of the molecule is COc1ccc(-c2cccc(C(O)C3NC(=O)N(CC(=O)Nc4ccccc4)C3=O)c2)cc1. The monoisotopic (exact) mass is 445 g/mol. The second-order valence-electron chi connectivity index (χ2n) is 7.56. The lowest BCUT2D eigenvalue weighted by atomic mass is 9.97. The Hall–Kier alpha value is -4.17. The van der Waals surface area contributed by atoms with Crippen molar-refractivity contribution in [2.75, 3.05) is 19.0 Å². The molecule has 1 heterocycles. The number of rotatable bonds is 7. The van der Waals surface area contributed by atoms with E-state index in [1.165, 1.54) is 0 Å². The summed E-state index contributed by atoms with van der Waals surface area (Å²) >= 11 is 0. The van der Waals surface area contributed by atoms with Gasteiger partial charge in [-0.15, -0.1) is 0 Å². The summed E-state index contributed by atoms with van der Waals surface area (Å²) in [6.07, 6.45) is -1.28. The Kier molecular flexibility index (Phi) is 6.37. The number of methoxy groups -OCH3 is 1. The summed E-state index contributed by atoms with van der Waals surface area (Å²) < 4.78 is 5.18. The zero-order valence-electron chi connectivity index (χ0n) is 17.9. The van der Waals surface area contributed by atoms with E-state index in [-0.39, 0.29) is 0 Å². The Morgan fingerprint density at radius 3 is 2.45 bits per heavy atom. The zero-order valence-corrected chi connectivity index (χ0v) is 17.9. The van der Waals surface area contributed by atoms with E-state index < -0.39 is 36.5 Å². The van der Waals surface area contributed by atoms with Gasteiger partial charge in [0.05, 0.1) is 7.11 Å². The number of amides is 4. The third-order valence-electron chi connectivity index (χ3n) is 5.38. The van der Waals surface area contributed by atoms with E-state index in [1.54, 1.807) is 49.6 Å². The van der Waals surface area contributed by atoms with Crippen LogP contribution in [0.15, 0.2) is 78.9 Å². The standard InChI is InChI=1S/C25H23N3O5/c1-33-20-12-10-16(11-13-20)17-6-5-7-18(14-17)23(30)22-24(31)28(25(32)27-22)15-21(29)26-19-8-3-2-4-9-19/h2-14,22-23,30H,15H2,1H3,(H,26,29)(H,27,32). The van der Waals surface area contributed by atoms with E-state index in [0.29, 0.717) is 11.3 Å². The molecular formula is C25H23N3O5. The Bertz CT molecular complexity index is 1160. The summed E-state index contributed by atoms with van der Waals surface area (Å²) in [5.74, 6) is -0.447. The second-order valence-corrected chi connectivity index (χ2v) is 7.56. The maximum atomic E-state index is 12.8. The number of imide groups is 1. The van der Waals surface area contributed by atoms with E-state index >= 15 is 0 Å². The van der Waals surface area contributed by atoms with Crippen LogP contribution in [0.3, 0.4) is 0 Å². The van der Waals surface area contributed by atoms with E-state index in [2.05, 4.69) is 10.6 Å². The summed E-state index contributed by atoms with van der Waals surface area (Å²) in [6, 6.07) is 21.4. The van der Waals surface area contributed by atoms with Crippen molar-refractivity contribution in [3.05, 3.63) is 84.4 Å². The highest BCUT2D eigenvalue weighted by molar-refractivity contribution is 6.08. The van der Waals surface area contributed by atoms with Crippen molar-refractivity contribution < 1.29 is 24.2 Å². The summed E-state index contributed by atoms with van der Waals surface area (Å²) in [7, 11) is 1.59. The molecule has 1 aliphatic heterocycles. The Labute approximate surface area is 190 Å². The van der Waals surface area contributed by atoms with Gasteiger partial charge in [-0.05, 0) is 47.0 Å². The summed E-state index contributed by atoms with van der Waals surface area (Å²) in [5, 5.41) is 16.0. The number of carbonyl (C=O) groups excluding carboxylic acids is 3. The van der Waals surface area contributed by atoms with Crippen molar-refractivity contribution in [2.45, 2.75) is 12.1 Å². The van der Waals surface area contributed by atoms with Crippen LogP contribution in [0, 0.1) is 0 Å². The molecule has 0 aromatic heterocycles. The van der Waals surface area contributed by atoms with Crippen LogP contribution in [-0.2, 0) is 9.59 Å². The number of carbonyl (C=O) groups is 3. The van der Waals surface area contributed by atoms with Crippen molar-refractivity contribution >= 4 is 23.5 Å². The predicted molar refractivity (Wildman–Crippen MR) is 122 cm³/mol. The average Bonchev–Trinajstić information content (AvgIpc) is 3.12. The Balaban J connectivity index is 1.46. The van der Waals surface area contributed by atoms with Crippen LogP contribution in [0.25, 0.3) is 11.1 Å². The lowest BCUT2D eigenvalue weighted by Crippen LogP contribution is -2.39. The fraction of sp³-hybridized carbons (Fsp3) is 0.160. The zero-order chi connectivity index (χ0) is 23.4. The number of urea groups is 1. The smallest absolute Gasteiger partial charge is 0.325 e. The van der Waals surface area contributed by atoms with Crippen LogP contribution < -0.4 is 15.4 Å². The fourth-order valence-electron chi connectivity index (χ4n) is 3.65. The van der Waals surface area contributed by atoms with Crippen LogP contribution >= 0.6 is 0 Å². The largest absolute Gasteiger partial charge is 0.497 e. The van der Waals surface area contributed by atoms with Gasteiger partial charge in [0.1, 0.15) is 24.4 Å². The average molecular weight is 445 g/mol. The molecule has 8 nitrogen and oxygen atoms in total. The Morgan fingerprint density at radius 2 is 1.76 bits per heavy atom. The first-order valence-corrected chi connectivity index (χ1v) is 10.4. The number of para-hydroxylation sites is 1. The molecule has 3 aromatic carbocycles. The highest BCUT2D eigenvalue weighted by atomic mass is 16.5. The lowest BCUT2D eigenvalue weighted by Gasteiger charge is -2.18. The normalized spacial score (nSPS) is 16.3. The molecule has 8 heteroatoms. The summed E-state index contributed by atoms with van der Waals surface area (Å²) in [6.45, 7) is -0.450. The molecule has 2 atom stereocenters. The van der Waals surface area contributed by atoms with Gasteiger partial charge in [0, 0.05) is 5.69 Å². The number of nitrogens with one attached hydrogen (secondary N) is 2. The second kappa shape index (κ2) is 9.54. The van der Waals surface area contributed by atoms with E-state index in [4.69, 9.17) is 4.74 Å². The third-order valence-corrected chi connectivity index (χ3v) is 5.38. The van der Waals surface area contributed by atoms with Crippen LogP contribution in [0.4, 0.5) is 10.5 Å². The molecule has 4 rings (SSSR count). The van der Waals surface area contributed by atoms with E-state index in [9.17, 15) is 19.5 Å². The topological polar surface area (TPSA) is 108 Å². The molecule has 3 aromatic rings. The first kappa shape index (κ1) is 22.0. The number of ether oxygens (including phenoxy) is 1. The molecule has 4 amide bonds. The number of aliphatic hydroxyl groups is 1. The number of benzene rings is 3. The maximum absolute atomic E-state index is 12.8. The van der Waals surface area contributed by atoms with Crippen molar-refractivity contribution in [3.63, 3.8) is 0 Å². The highest BCUT2D eigenvalue weighted by Crippen LogP contribution is 2.28. The number of hydrogen-bond acceptors (Lipinski definition) is 5. The molecule has 2 unspecified atom stereocenters. The third kappa shape index (κ3) is 4.86. The van der Waals surface area contributed by atoms with E-state index in [0.717, 1.165) is 21.8 Å². The molecule has 1 saturated heterocycles. The van der Waals surface area contributed by atoms with Crippen LogP contribution in [0.5, 0.6) is 5.75 Å². The lowest BCUT2D eigenvalue weighted by molar-refractivity contribution is -0.132. The number of anilines is 1. The molecule has 0 bridgehead atoms. The van der Waals surface area contributed by atoms with Gasteiger partial charge in [0.15, 0.2) is 0 Å². The number of aliphatic hydroxyl groups excluding tert-OH is 1. The quantitative estimate of drug-likeness (QED) is 0.485. The van der Waals surface area contributed by atoms with Crippen LogP contribution in [-0.4, -0.2) is 47.5 Å². The minimum atomic E-state index is -1.28. The highest BCUT2D eigenvalue weighted by Gasteiger charge is 2.43. The maximum Gasteiger partial charge on any atom is 0.325 e. The van der Waals surface area contributed by atoms with Gasteiger partial charge >= 0.3 is 6.03 Å². The summed E-state index contributed by atoms with van der Waals surface area (Å²) in [5.41, 5.74) is 2.77. The molecule has 0 aliphatic carbocycles. The minimum absolute atomic E-state index is 0.450. The first-order chi connectivity index (χ1) is 16.0. The van der Waals surface area contributed by atoms with Gasteiger partial charge in [-0.1, -0.05) is 48.5 Å². The van der Waals surface area contributed by atoms with Gasteiger partial charge in [-0.3, -0.25) is 14.5 Å². The molecule has 0 radical (unpaired) electrons. The fourth-order valence-corrected chi connectivity index (χ4v) is 3.65. The molecule has 33 heavy (non-hydrogen) atoms. The predicted octanol–water partition coefficient (Wildman–Crippen LogP) is 2.95. The molecule has 3 N–H and O–H groups in total.